The molecule has 1 aromatic rings. The van der Waals surface area contributed by atoms with Crippen LogP contribution in [0.5, 0.6) is 0 Å². The van der Waals surface area contributed by atoms with Crippen LogP contribution < -0.4 is 10.6 Å². The number of benzene rings is 1. The van der Waals surface area contributed by atoms with Gasteiger partial charge in [0.15, 0.2) is 0 Å². The first-order valence-electron chi connectivity index (χ1n) is 6.31. The Bertz CT molecular complexity index is 394. The van der Waals surface area contributed by atoms with E-state index in [1.807, 2.05) is 27.0 Å². The number of ether oxygens (including phenoxy) is 1. The van der Waals surface area contributed by atoms with E-state index >= 15 is 0 Å². The maximum atomic E-state index is 13.6. The molecule has 0 aliphatic carbocycles. The van der Waals surface area contributed by atoms with Crippen LogP contribution in [0, 0.1) is 12.7 Å². The zero-order valence-corrected chi connectivity index (χ0v) is 11.7. The van der Waals surface area contributed by atoms with Gasteiger partial charge in [0.25, 0.3) is 0 Å². The number of rotatable bonds is 6. The minimum atomic E-state index is -0.204. The molecule has 4 heteroatoms. The quantitative estimate of drug-likeness (QED) is 0.793. The predicted octanol–water partition coefficient (Wildman–Crippen LogP) is 2.63. The molecule has 0 aromatic heterocycles. The molecule has 0 amide bonds. The van der Waals surface area contributed by atoms with E-state index in [4.69, 9.17) is 10.5 Å². The van der Waals surface area contributed by atoms with Crippen LogP contribution in [0.15, 0.2) is 12.1 Å². The van der Waals surface area contributed by atoms with E-state index < -0.39 is 0 Å². The van der Waals surface area contributed by atoms with Crippen molar-refractivity contribution in [1.82, 2.24) is 0 Å². The van der Waals surface area contributed by atoms with Crippen LogP contribution in [0.2, 0.25) is 0 Å². The lowest BCUT2D eigenvalue weighted by molar-refractivity contribution is 0.154. The first-order valence-corrected chi connectivity index (χ1v) is 6.31. The predicted molar refractivity (Wildman–Crippen MR) is 73.5 cm³/mol. The number of halogens is 1. The molecule has 0 heterocycles. The lowest BCUT2D eigenvalue weighted by Gasteiger charge is -2.24. The van der Waals surface area contributed by atoms with Crippen molar-refractivity contribution < 1.29 is 9.13 Å². The van der Waals surface area contributed by atoms with E-state index in [1.165, 1.54) is 6.07 Å². The molecule has 1 aromatic carbocycles. The van der Waals surface area contributed by atoms with Gasteiger partial charge in [0.2, 0.25) is 0 Å². The third-order valence-electron chi connectivity index (χ3n) is 2.98. The van der Waals surface area contributed by atoms with Crippen LogP contribution in [0.1, 0.15) is 31.0 Å². The molecule has 2 N–H and O–H groups in total. The van der Waals surface area contributed by atoms with Gasteiger partial charge in [-0.05, 0) is 44.0 Å². The normalized spacial score (nSPS) is 12.6. The minimum Gasteiger partial charge on any atom is -0.380 e. The molecule has 1 rings (SSSR count). The van der Waals surface area contributed by atoms with Gasteiger partial charge in [-0.15, -0.1) is 0 Å². The SMILES string of the molecule is CCOCCN(C)c1cc(C)c(F)cc1[C@@H](C)N. The van der Waals surface area contributed by atoms with Crippen LogP contribution in [0.25, 0.3) is 0 Å². The first kappa shape index (κ1) is 14.9. The molecule has 0 spiro atoms. The van der Waals surface area contributed by atoms with Gasteiger partial charge >= 0.3 is 0 Å². The topological polar surface area (TPSA) is 38.5 Å². The highest BCUT2D eigenvalue weighted by atomic mass is 19.1. The Hall–Kier alpha value is -1.13. The molecular weight excluding hydrogens is 231 g/mol. The molecule has 0 saturated carbocycles. The van der Waals surface area contributed by atoms with Crippen LogP contribution >= 0.6 is 0 Å². The van der Waals surface area contributed by atoms with E-state index in [9.17, 15) is 4.39 Å². The monoisotopic (exact) mass is 254 g/mol. The zero-order chi connectivity index (χ0) is 13.7. The first-order chi connectivity index (χ1) is 8.47. The Balaban J connectivity index is 2.94. The summed E-state index contributed by atoms with van der Waals surface area (Å²) in [6.07, 6.45) is 0. The summed E-state index contributed by atoms with van der Waals surface area (Å²) in [5.74, 6) is -0.204. The summed E-state index contributed by atoms with van der Waals surface area (Å²) < 4.78 is 18.9. The lowest BCUT2D eigenvalue weighted by Crippen LogP contribution is -2.25. The van der Waals surface area contributed by atoms with Gasteiger partial charge in [0, 0.05) is 31.9 Å². The Labute approximate surface area is 109 Å². The number of hydrogen-bond acceptors (Lipinski definition) is 3. The summed E-state index contributed by atoms with van der Waals surface area (Å²) in [7, 11) is 1.97. The van der Waals surface area contributed by atoms with Gasteiger partial charge in [0.1, 0.15) is 5.82 Å². The summed E-state index contributed by atoms with van der Waals surface area (Å²) in [5, 5.41) is 0. The molecule has 0 aliphatic heterocycles. The van der Waals surface area contributed by atoms with E-state index in [-0.39, 0.29) is 11.9 Å². The Morgan fingerprint density at radius 2 is 2.11 bits per heavy atom. The van der Waals surface area contributed by atoms with Gasteiger partial charge in [-0.2, -0.15) is 0 Å². The van der Waals surface area contributed by atoms with E-state index in [1.54, 1.807) is 6.92 Å². The van der Waals surface area contributed by atoms with Crippen LogP contribution in [0.4, 0.5) is 10.1 Å². The second-order valence-electron chi connectivity index (χ2n) is 4.57. The highest BCUT2D eigenvalue weighted by Crippen LogP contribution is 2.27. The van der Waals surface area contributed by atoms with Crippen molar-refractivity contribution in [3.63, 3.8) is 0 Å². The fourth-order valence-electron chi connectivity index (χ4n) is 1.84. The molecule has 0 saturated heterocycles. The highest BCUT2D eigenvalue weighted by Gasteiger charge is 2.13. The zero-order valence-electron chi connectivity index (χ0n) is 11.7. The highest BCUT2D eigenvalue weighted by molar-refractivity contribution is 5.56. The molecular formula is C14H23FN2O. The largest absolute Gasteiger partial charge is 0.380 e. The van der Waals surface area contributed by atoms with Crippen LogP contribution in [-0.4, -0.2) is 26.8 Å². The fourth-order valence-corrected chi connectivity index (χ4v) is 1.84. The molecule has 0 fully saturated rings. The van der Waals surface area contributed by atoms with Crippen molar-refractivity contribution in [1.29, 1.82) is 0 Å². The molecule has 0 aliphatic rings. The third kappa shape index (κ3) is 3.68. The van der Waals surface area contributed by atoms with E-state index in [0.717, 1.165) is 17.8 Å². The fraction of sp³-hybridized carbons (Fsp3) is 0.571. The van der Waals surface area contributed by atoms with Crippen molar-refractivity contribution in [2.24, 2.45) is 5.73 Å². The summed E-state index contributed by atoms with van der Waals surface area (Å²) in [6.45, 7) is 7.72. The average Bonchev–Trinajstić information content (AvgIpc) is 2.32. The maximum absolute atomic E-state index is 13.6. The van der Waals surface area contributed by atoms with Crippen LogP contribution in [0.3, 0.4) is 0 Å². The van der Waals surface area contributed by atoms with Gasteiger partial charge in [0.05, 0.1) is 6.61 Å². The van der Waals surface area contributed by atoms with Crippen LogP contribution in [-0.2, 0) is 4.74 Å². The maximum Gasteiger partial charge on any atom is 0.126 e. The number of likely N-dealkylation sites (N-methyl/N-ethyl adjacent to an activating group) is 1. The summed E-state index contributed by atoms with van der Waals surface area (Å²) in [4.78, 5) is 2.06. The molecule has 0 unspecified atom stereocenters. The lowest BCUT2D eigenvalue weighted by atomic mass is 10.0. The molecule has 3 nitrogen and oxygen atoms in total. The summed E-state index contributed by atoms with van der Waals surface area (Å²) in [5.41, 5.74) is 8.34. The van der Waals surface area contributed by atoms with Crippen molar-refractivity contribution in [2.45, 2.75) is 26.8 Å². The number of hydrogen-bond donors (Lipinski definition) is 1. The van der Waals surface area contributed by atoms with Crippen molar-refractivity contribution in [3.05, 3.63) is 29.1 Å². The van der Waals surface area contributed by atoms with Crippen molar-refractivity contribution in [3.8, 4) is 0 Å². The van der Waals surface area contributed by atoms with Gasteiger partial charge in [-0.1, -0.05) is 0 Å². The third-order valence-corrected chi connectivity index (χ3v) is 2.98. The van der Waals surface area contributed by atoms with E-state index in [2.05, 4.69) is 4.90 Å². The van der Waals surface area contributed by atoms with Crippen molar-refractivity contribution in [2.75, 3.05) is 31.7 Å². The van der Waals surface area contributed by atoms with Gasteiger partial charge in [-0.25, -0.2) is 4.39 Å². The second kappa shape index (κ2) is 6.71. The molecule has 102 valence electrons. The Kier molecular flexibility index (Phi) is 5.56. The molecule has 1 atom stereocenters. The standard InChI is InChI=1S/C14H23FN2O/c1-5-18-7-6-17(4)14-8-10(2)13(15)9-12(14)11(3)16/h8-9,11H,5-7,16H2,1-4H3/t11-/m1/s1. The van der Waals surface area contributed by atoms with Gasteiger partial charge < -0.3 is 15.4 Å². The number of aryl methyl sites for hydroxylation is 1. The van der Waals surface area contributed by atoms with Gasteiger partial charge in [-0.3, -0.25) is 0 Å². The minimum absolute atomic E-state index is 0.190. The van der Waals surface area contributed by atoms with Crippen molar-refractivity contribution >= 4 is 5.69 Å². The van der Waals surface area contributed by atoms with E-state index in [0.29, 0.717) is 18.8 Å². The Morgan fingerprint density at radius 3 is 2.67 bits per heavy atom. The number of nitrogens with two attached hydrogens (primary N) is 1. The summed E-state index contributed by atoms with van der Waals surface area (Å²) >= 11 is 0. The number of nitrogens with zero attached hydrogens (tertiary/aromatic N) is 1. The average molecular weight is 254 g/mol. The molecule has 0 bridgehead atoms. The molecule has 18 heavy (non-hydrogen) atoms. The molecule has 0 radical (unpaired) electrons. The summed E-state index contributed by atoms with van der Waals surface area (Å²) in [6, 6.07) is 3.19. The Morgan fingerprint density at radius 1 is 1.44 bits per heavy atom. The second-order valence-corrected chi connectivity index (χ2v) is 4.57. The number of anilines is 1. The smallest absolute Gasteiger partial charge is 0.126 e.